The molecule has 0 aliphatic rings. The maximum atomic E-state index is 13.4. The normalized spacial score (nSPS) is 11.4. The van der Waals surface area contributed by atoms with Crippen molar-refractivity contribution in [3.63, 3.8) is 0 Å². The SMILES string of the molecule is COc1cc(NC(=O)c2cc3ccccc3c(N=Nc3c(Cl)ccc(C)c3S(=O)(=O)O)c2[O-])ccc1Cl.[Na+]. The quantitative estimate of drug-likeness (QED) is 0.203. The molecule has 0 aliphatic heterocycles. The van der Waals surface area contributed by atoms with E-state index in [4.69, 9.17) is 27.9 Å². The maximum Gasteiger partial charge on any atom is 1.00 e. The van der Waals surface area contributed by atoms with Crippen LogP contribution in [0.4, 0.5) is 17.1 Å². The smallest absolute Gasteiger partial charge is 0.870 e. The predicted molar refractivity (Wildman–Crippen MR) is 140 cm³/mol. The van der Waals surface area contributed by atoms with Crippen molar-refractivity contribution in [2.75, 3.05) is 12.4 Å². The average Bonchev–Trinajstić information content (AvgIpc) is 2.85. The van der Waals surface area contributed by atoms with Crippen LogP contribution in [0.3, 0.4) is 0 Å². The number of amides is 1. The topological polar surface area (TPSA) is 140 Å². The summed E-state index contributed by atoms with van der Waals surface area (Å²) in [5, 5.41) is 25.1. The van der Waals surface area contributed by atoms with Crippen molar-refractivity contribution in [1.29, 1.82) is 0 Å². The van der Waals surface area contributed by atoms with E-state index in [1.54, 1.807) is 30.3 Å². The summed E-state index contributed by atoms with van der Waals surface area (Å²) in [7, 11) is -3.28. The molecule has 4 aromatic rings. The summed E-state index contributed by atoms with van der Waals surface area (Å²) in [6.07, 6.45) is 0. The first kappa shape index (κ1) is 29.9. The Morgan fingerprint density at radius 3 is 2.34 bits per heavy atom. The number of carbonyl (C=O) groups is 1. The summed E-state index contributed by atoms with van der Waals surface area (Å²) < 4.78 is 38.8. The number of benzene rings is 4. The van der Waals surface area contributed by atoms with E-state index in [1.807, 2.05) is 0 Å². The molecule has 0 aromatic heterocycles. The molecule has 0 fully saturated rings. The third-order valence-electron chi connectivity index (χ3n) is 5.42. The number of aryl methyl sites for hydroxylation is 1. The molecule has 0 atom stereocenters. The number of ether oxygens (including phenoxy) is 1. The molecule has 2 N–H and O–H groups in total. The van der Waals surface area contributed by atoms with Gasteiger partial charge in [-0.3, -0.25) is 9.35 Å². The van der Waals surface area contributed by atoms with E-state index in [-0.39, 0.29) is 57.1 Å². The Kier molecular flexibility index (Phi) is 9.43. The zero-order valence-corrected chi connectivity index (χ0v) is 24.6. The van der Waals surface area contributed by atoms with E-state index in [0.29, 0.717) is 27.2 Å². The number of fused-ring (bicyclic) bond motifs is 1. The number of azo groups is 1. The number of nitrogens with zero attached hydrogens (tertiary/aromatic N) is 2. The van der Waals surface area contributed by atoms with Gasteiger partial charge in [0.05, 0.1) is 22.8 Å². The number of anilines is 1. The number of rotatable bonds is 6. The van der Waals surface area contributed by atoms with Crippen molar-refractivity contribution in [2.24, 2.45) is 10.2 Å². The summed E-state index contributed by atoms with van der Waals surface area (Å²) >= 11 is 12.2. The molecule has 0 saturated carbocycles. The standard InChI is InChI=1S/C25H19Cl2N3O6S.Na/c1-13-7-9-19(27)22(24(13)37(33,34)35)30-29-21-16-6-4-3-5-14(16)11-17(23(21)31)25(32)28-15-8-10-18(26)20(12-15)36-2;/h3-12,31H,1-2H3,(H,28,32)(H,33,34,35);/q;+1/p-1. The van der Waals surface area contributed by atoms with Crippen molar-refractivity contribution in [1.82, 2.24) is 0 Å². The van der Waals surface area contributed by atoms with Crippen LogP contribution in [0.1, 0.15) is 15.9 Å². The first-order chi connectivity index (χ1) is 17.5. The van der Waals surface area contributed by atoms with Gasteiger partial charge in [-0.25, -0.2) is 0 Å². The molecule has 0 unspecified atom stereocenters. The van der Waals surface area contributed by atoms with E-state index < -0.39 is 26.7 Å². The van der Waals surface area contributed by atoms with Crippen LogP contribution in [0.5, 0.6) is 11.5 Å². The summed E-state index contributed by atoms with van der Waals surface area (Å²) in [4.78, 5) is 12.5. The fourth-order valence-electron chi connectivity index (χ4n) is 3.68. The zero-order valence-electron chi connectivity index (χ0n) is 20.3. The Morgan fingerprint density at radius 1 is 1.00 bits per heavy atom. The average molecular weight is 582 g/mol. The number of hydrogen-bond donors (Lipinski definition) is 2. The van der Waals surface area contributed by atoms with Gasteiger partial charge in [-0.1, -0.05) is 59.3 Å². The molecule has 38 heavy (non-hydrogen) atoms. The Hall–Kier alpha value is -2.70. The molecular weight excluding hydrogens is 564 g/mol. The van der Waals surface area contributed by atoms with Crippen molar-refractivity contribution in [3.05, 3.63) is 81.8 Å². The Labute approximate surface area is 250 Å². The molecule has 0 radical (unpaired) electrons. The van der Waals surface area contributed by atoms with Gasteiger partial charge in [-0.05, 0) is 42.1 Å². The second-order valence-electron chi connectivity index (χ2n) is 7.84. The largest absolute Gasteiger partial charge is 1.00 e. The molecule has 0 bridgehead atoms. The van der Waals surface area contributed by atoms with Gasteiger partial charge < -0.3 is 15.2 Å². The Morgan fingerprint density at radius 2 is 1.66 bits per heavy atom. The second kappa shape index (κ2) is 12.0. The van der Waals surface area contributed by atoms with Gasteiger partial charge in [0.2, 0.25) is 0 Å². The summed E-state index contributed by atoms with van der Waals surface area (Å²) in [5.41, 5.74) is -0.260. The molecular formula is C25H18Cl2N3NaO6S. The van der Waals surface area contributed by atoms with Crippen LogP contribution < -0.4 is 44.7 Å². The summed E-state index contributed by atoms with van der Waals surface area (Å²) in [5.74, 6) is -1.14. The number of hydrogen-bond acceptors (Lipinski definition) is 7. The van der Waals surface area contributed by atoms with Crippen LogP contribution in [0.25, 0.3) is 10.8 Å². The van der Waals surface area contributed by atoms with E-state index in [1.165, 1.54) is 44.4 Å². The van der Waals surface area contributed by atoms with E-state index in [0.717, 1.165) is 0 Å². The van der Waals surface area contributed by atoms with Gasteiger partial charge in [0, 0.05) is 22.7 Å². The van der Waals surface area contributed by atoms with Gasteiger partial charge in [0.25, 0.3) is 16.0 Å². The molecule has 0 spiro atoms. The Balaban J connectivity index is 0.00000400. The van der Waals surface area contributed by atoms with Gasteiger partial charge in [0.15, 0.2) is 0 Å². The minimum atomic E-state index is -4.71. The van der Waals surface area contributed by atoms with Crippen molar-refractivity contribution >= 4 is 67.1 Å². The Bertz CT molecular complexity index is 1700. The molecule has 190 valence electrons. The first-order valence-corrected chi connectivity index (χ1v) is 12.8. The van der Waals surface area contributed by atoms with Gasteiger partial charge in [-0.2, -0.15) is 13.5 Å². The van der Waals surface area contributed by atoms with Crippen LogP contribution in [-0.4, -0.2) is 26.0 Å². The van der Waals surface area contributed by atoms with E-state index in [9.17, 15) is 22.9 Å². The van der Waals surface area contributed by atoms with Gasteiger partial charge >= 0.3 is 29.6 Å². The first-order valence-electron chi connectivity index (χ1n) is 10.6. The number of nitrogens with one attached hydrogen (secondary N) is 1. The summed E-state index contributed by atoms with van der Waals surface area (Å²) in [6, 6.07) is 15.5. The predicted octanol–water partition coefficient (Wildman–Crippen LogP) is 3.46. The van der Waals surface area contributed by atoms with Gasteiger partial charge in [-0.15, -0.1) is 5.11 Å². The molecule has 0 saturated heterocycles. The third-order valence-corrected chi connectivity index (χ3v) is 7.06. The van der Waals surface area contributed by atoms with Crippen LogP contribution in [0.2, 0.25) is 10.0 Å². The van der Waals surface area contributed by atoms with E-state index in [2.05, 4.69) is 15.5 Å². The second-order valence-corrected chi connectivity index (χ2v) is 10.0. The van der Waals surface area contributed by atoms with Crippen LogP contribution in [0, 0.1) is 6.92 Å². The summed E-state index contributed by atoms with van der Waals surface area (Å²) in [6.45, 7) is 1.45. The molecule has 9 nitrogen and oxygen atoms in total. The van der Waals surface area contributed by atoms with Crippen molar-refractivity contribution in [3.8, 4) is 11.5 Å². The molecule has 0 heterocycles. The zero-order chi connectivity index (χ0) is 26.9. The molecule has 0 aliphatic carbocycles. The minimum absolute atomic E-state index is 0. The number of methoxy groups -OCH3 is 1. The van der Waals surface area contributed by atoms with Crippen LogP contribution in [-0.2, 0) is 10.1 Å². The monoisotopic (exact) mass is 581 g/mol. The fraction of sp³-hybridized carbons (Fsp3) is 0.0800. The van der Waals surface area contributed by atoms with Gasteiger partial charge in [0.1, 0.15) is 16.3 Å². The molecule has 4 rings (SSSR count). The van der Waals surface area contributed by atoms with E-state index >= 15 is 0 Å². The number of carbonyl (C=O) groups excluding carboxylic acids is 1. The third kappa shape index (κ3) is 6.13. The fourth-order valence-corrected chi connectivity index (χ4v) is 5.00. The van der Waals surface area contributed by atoms with Crippen LogP contribution >= 0.6 is 23.2 Å². The number of halogens is 2. The van der Waals surface area contributed by atoms with Crippen LogP contribution in [0.15, 0.2) is 75.8 Å². The molecule has 1 amide bonds. The maximum absolute atomic E-state index is 13.4. The van der Waals surface area contributed by atoms with Crippen molar-refractivity contribution in [2.45, 2.75) is 11.8 Å². The molecule has 4 aromatic carbocycles. The minimum Gasteiger partial charge on any atom is -0.870 e. The molecule has 13 heteroatoms. The van der Waals surface area contributed by atoms with Crippen molar-refractivity contribution < 1.29 is 57.2 Å².